The number of hydrogen-bond acceptors (Lipinski definition) is 7. The van der Waals surface area contributed by atoms with Crippen LogP contribution in [0.4, 0.5) is 18.0 Å². The summed E-state index contributed by atoms with van der Waals surface area (Å²) in [5.74, 6) is -0.440. The minimum Gasteiger partial charge on any atom is -0.406 e. The molecule has 2 aliphatic heterocycles. The molecule has 0 atom stereocenters. The van der Waals surface area contributed by atoms with Crippen molar-refractivity contribution in [3.63, 3.8) is 0 Å². The third-order valence-corrected chi connectivity index (χ3v) is 8.67. The van der Waals surface area contributed by atoms with E-state index in [1.54, 1.807) is 18.2 Å². The van der Waals surface area contributed by atoms with Crippen molar-refractivity contribution >= 4 is 45.2 Å². The van der Waals surface area contributed by atoms with Gasteiger partial charge in [-0.3, -0.25) is 0 Å². The predicted octanol–water partition coefficient (Wildman–Crippen LogP) is 5.12. The van der Waals surface area contributed by atoms with Gasteiger partial charge >= 0.3 is 12.5 Å². The highest BCUT2D eigenvalue weighted by Gasteiger charge is 2.45. The number of hydrogen-bond donors (Lipinski definition) is 1. The molecule has 1 N–H and O–H groups in total. The molecule has 38 heavy (non-hydrogen) atoms. The van der Waals surface area contributed by atoms with Crippen LogP contribution in [0.3, 0.4) is 0 Å². The fraction of sp³-hybridized carbons (Fsp3) is 0.391. The van der Waals surface area contributed by atoms with E-state index in [2.05, 4.69) is 15.2 Å². The summed E-state index contributed by atoms with van der Waals surface area (Å²) >= 11 is 11.9. The first-order valence-electron chi connectivity index (χ1n) is 11.4. The molecule has 2 aromatic carbocycles. The lowest BCUT2D eigenvalue weighted by Gasteiger charge is -2.36. The van der Waals surface area contributed by atoms with E-state index in [1.165, 1.54) is 4.31 Å². The van der Waals surface area contributed by atoms with Gasteiger partial charge in [0.2, 0.25) is 15.9 Å². The maximum absolute atomic E-state index is 12.9. The van der Waals surface area contributed by atoms with Gasteiger partial charge < -0.3 is 19.6 Å². The molecular formula is C23H22Cl2F3N3O6S. The highest BCUT2D eigenvalue weighted by atomic mass is 35.5. The van der Waals surface area contributed by atoms with Gasteiger partial charge in [0.25, 0.3) is 0 Å². The van der Waals surface area contributed by atoms with Crippen molar-refractivity contribution in [3.8, 4) is 5.75 Å². The average Bonchev–Trinajstić information content (AvgIpc) is 3.22. The van der Waals surface area contributed by atoms with Gasteiger partial charge in [0.1, 0.15) is 11.4 Å². The number of rotatable bonds is 6. The lowest BCUT2D eigenvalue weighted by atomic mass is 9.89. The van der Waals surface area contributed by atoms with Gasteiger partial charge in [-0.15, -0.1) is 13.2 Å². The van der Waals surface area contributed by atoms with Crippen LogP contribution in [-0.2, 0) is 26.0 Å². The number of piperidine rings is 1. The lowest BCUT2D eigenvalue weighted by Crippen LogP contribution is -2.46. The fourth-order valence-corrected chi connectivity index (χ4v) is 5.82. The Balaban J connectivity index is 1.24. The zero-order valence-electron chi connectivity index (χ0n) is 19.6. The van der Waals surface area contributed by atoms with Crippen LogP contribution in [0.2, 0.25) is 10.0 Å². The van der Waals surface area contributed by atoms with Crippen LogP contribution in [0.25, 0.3) is 0 Å². The van der Waals surface area contributed by atoms with Crippen molar-refractivity contribution < 1.29 is 40.7 Å². The summed E-state index contributed by atoms with van der Waals surface area (Å²) < 4.78 is 73.1. The van der Waals surface area contributed by atoms with Crippen molar-refractivity contribution in [2.24, 2.45) is 5.16 Å². The Morgan fingerprint density at radius 2 is 1.79 bits per heavy atom. The summed E-state index contributed by atoms with van der Waals surface area (Å²) in [6.07, 6.45) is -4.35. The number of benzene rings is 2. The number of alkyl carbamates (subject to hydrolysis) is 1. The minimum absolute atomic E-state index is 0.0774. The molecule has 0 radical (unpaired) electrons. The van der Waals surface area contributed by atoms with Crippen LogP contribution in [0.15, 0.2) is 52.5 Å². The molecule has 4 rings (SSSR count). The summed E-state index contributed by atoms with van der Waals surface area (Å²) in [6, 6.07) is 9.17. The van der Waals surface area contributed by atoms with Gasteiger partial charge in [-0.1, -0.05) is 34.4 Å². The molecule has 15 heteroatoms. The van der Waals surface area contributed by atoms with Crippen LogP contribution in [0, 0.1) is 0 Å². The standard InChI is InChI=1S/C23H22Cl2F3N3O6S/c24-18-6-1-15(13-19(18)25)7-10-29-21(32)35-20-14-22(37-30-20)8-11-31(12-9-22)38(33,34)17-4-2-16(3-5-17)36-23(26,27)28/h1-6,13H,7-12,14H2,(H,29,32). The third-order valence-electron chi connectivity index (χ3n) is 6.02. The number of nitrogens with zero attached hydrogens (tertiary/aromatic N) is 2. The smallest absolute Gasteiger partial charge is 0.406 e. The molecule has 0 unspecified atom stereocenters. The summed E-state index contributed by atoms with van der Waals surface area (Å²) in [4.78, 5) is 17.5. The number of ether oxygens (including phenoxy) is 2. The molecule has 0 bridgehead atoms. The molecule has 206 valence electrons. The summed E-state index contributed by atoms with van der Waals surface area (Å²) in [7, 11) is -3.95. The van der Waals surface area contributed by atoms with Crippen LogP contribution in [0.5, 0.6) is 5.75 Å². The molecular weight excluding hydrogens is 574 g/mol. The highest BCUT2D eigenvalue weighted by molar-refractivity contribution is 7.89. The van der Waals surface area contributed by atoms with E-state index in [0.29, 0.717) is 16.5 Å². The number of sulfonamides is 1. The Labute approximate surface area is 226 Å². The third kappa shape index (κ3) is 7.01. The topological polar surface area (TPSA) is 107 Å². The van der Waals surface area contributed by atoms with Crippen LogP contribution < -0.4 is 10.1 Å². The summed E-state index contributed by atoms with van der Waals surface area (Å²) in [5, 5.41) is 7.32. The van der Waals surface area contributed by atoms with Crippen LogP contribution in [0.1, 0.15) is 24.8 Å². The van der Waals surface area contributed by atoms with E-state index in [9.17, 15) is 26.4 Å². The van der Waals surface area contributed by atoms with Crippen LogP contribution >= 0.6 is 23.2 Å². The van der Waals surface area contributed by atoms with Gasteiger partial charge in [0.05, 0.1) is 21.4 Å². The summed E-state index contributed by atoms with van der Waals surface area (Å²) in [6.45, 7) is 0.454. The fourth-order valence-electron chi connectivity index (χ4n) is 4.05. The second-order valence-corrected chi connectivity index (χ2v) is 11.4. The first-order chi connectivity index (χ1) is 17.9. The van der Waals surface area contributed by atoms with Gasteiger partial charge in [-0.2, -0.15) is 4.31 Å². The molecule has 1 saturated heterocycles. The average molecular weight is 596 g/mol. The van der Waals surface area contributed by atoms with Crippen molar-refractivity contribution in [1.82, 2.24) is 9.62 Å². The SMILES string of the molecule is O=C(NCCc1ccc(Cl)c(Cl)c1)OC1=NOC2(CCN(S(=O)(=O)c3ccc(OC(F)(F)F)cc3)CC2)C1. The van der Waals surface area contributed by atoms with E-state index < -0.39 is 33.8 Å². The van der Waals surface area contributed by atoms with E-state index >= 15 is 0 Å². The molecule has 1 spiro atoms. The molecule has 1 amide bonds. The molecule has 0 aliphatic carbocycles. The summed E-state index contributed by atoms with van der Waals surface area (Å²) in [5.41, 5.74) is 0.0685. The second kappa shape index (κ2) is 11.2. The maximum atomic E-state index is 12.9. The number of halogens is 5. The number of oxime groups is 1. The van der Waals surface area contributed by atoms with E-state index in [-0.39, 0.29) is 49.7 Å². The van der Waals surface area contributed by atoms with E-state index in [1.807, 2.05) is 0 Å². The molecule has 1 fully saturated rings. The molecule has 2 aliphatic rings. The van der Waals surface area contributed by atoms with Gasteiger partial charge in [-0.05, 0) is 48.4 Å². The normalized spacial score (nSPS) is 17.6. The maximum Gasteiger partial charge on any atom is 0.573 e. The Morgan fingerprint density at radius 1 is 1.11 bits per heavy atom. The van der Waals surface area contributed by atoms with E-state index in [0.717, 1.165) is 29.8 Å². The second-order valence-electron chi connectivity index (χ2n) is 8.67. The van der Waals surface area contributed by atoms with Crippen molar-refractivity contribution in [2.45, 2.75) is 42.5 Å². The molecule has 0 aromatic heterocycles. The Hall–Kier alpha value is -2.74. The molecule has 2 aromatic rings. The van der Waals surface area contributed by atoms with Gasteiger partial charge in [0.15, 0.2) is 0 Å². The Bertz CT molecular complexity index is 1310. The van der Waals surface area contributed by atoms with Crippen molar-refractivity contribution in [3.05, 3.63) is 58.1 Å². The molecule has 9 nitrogen and oxygen atoms in total. The monoisotopic (exact) mass is 595 g/mol. The molecule has 2 heterocycles. The Kier molecular flexibility index (Phi) is 8.31. The largest absolute Gasteiger partial charge is 0.573 e. The minimum atomic E-state index is -4.87. The number of nitrogens with one attached hydrogen (secondary N) is 1. The Morgan fingerprint density at radius 3 is 2.42 bits per heavy atom. The van der Waals surface area contributed by atoms with Crippen molar-refractivity contribution in [1.29, 1.82) is 0 Å². The zero-order valence-corrected chi connectivity index (χ0v) is 22.0. The number of carbonyl (C=O) groups is 1. The zero-order chi connectivity index (χ0) is 27.6. The first kappa shape index (κ1) is 28.3. The highest BCUT2D eigenvalue weighted by Crippen LogP contribution is 2.36. The number of alkyl halides is 3. The van der Waals surface area contributed by atoms with Gasteiger partial charge in [0, 0.05) is 32.5 Å². The molecule has 0 saturated carbocycles. The lowest BCUT2D eigenvalue weighted by molar-refractivity contribution is -0.274. The van der Waals surface area contributed by atoms with Crippen molar-refractivity contribution in [2.75, 3.05) is 19.6 Å². The van der Waals surface area contributed by atoms with E-state index in [4.69, 9.17) is 32.8 Å². The first-order valence-corrected chi connectivity index (χ1v) is 13.6. The number of amides is 1. The van der Waals surface area contributed by atoms with Crippen LogP contribution in [-0.4, -0.2) is 56.3 Å². The quantitative estimate of drug-likeness (QED) is 0.497. The van der Waals surface area contributed by atoms with Gasteiger partial charge in [-0.25, -0.2) is 13.2 Å². The predicted molar refractivity (Wildman–Crippen MR) is 132 cm³/mol. The number of carbonyl (C=O) groups excluding carboxylic acids is 1.